The molecule has 0 saturated carbocycles. The summed E-state index contributed by atoms with van der Waals surface area (Å²) in [5.74, 6) is -0.257. The summed E-state index contributed by atoms with van der Waals surface area (Å²) in [6.07, 6.45) is 1.84. The summed E-state index contributed by atoms with van der Waals surface area (Å²) < 4.78 is 14.0. The van der Waals surface area contributed by atoms with Gasteiger partial charge in [0.25, 0.3) is 0 Å². The van der Waals surface area contributed by atoms with Gasteiger partial charge in [0.05, 0.1) is 10.2 Å². The zero-order valence-electron chi connectivity index (χ0n) is 10.4. The fourth-order valence-electron chi connectivity index (χ4n) is 1.76. The number of pyridine rings is 1. The van der Waals surface area contributed by atoms with Crippen LogP contribution in [-0.2, 0) is 6.54 Å². The van der Waals surface area contributed by atoms with Crippen LogP contribution in [0.5, 0.6) is 0 Å². The average molecular weight is 273 g/mol. The van der Waals surface area contributed by atoms with Crippen LogP contribution >= 0.6 is 11.3 Å². The highest BCUT2D eigenvalue weighted by molar-refractivity contribution is 7.22. The number of aromatic nitrogens is 2. The number of rotatable bonds is 3. The molecular formula is C14H12FN3S. The lowest BCUT2D eigenvalue weighted by molar-refractivity contribution is 0.629. The molecule has 2 heterocycles. The maximum absolute atomic E-state index is 13.1. The van der Waals surface area contributed by atoms with Crippen LogP contribution in [0.3, 0.4) is 0 Å². The minimum absolute atomic E-state index is 0.257. The van der Waals surface area contributed by atoms with Crippen molar-refractivity contribution in [2.75, 3.05) is 5.32 Å². The van der Waals surface area contributed by atoms with E-state index in [0.717, 1.165) is 21.1 Å². The Balaban J connectivity index is 1.76. The molecular weight excluding hydrogens is 261 g/mol. The number of hydrogen-bond donors (Lipinski definition) is 1. The second kappa shape index (κ2) is 4.93. The zero-order chi connectivity index (χ0) is 13.2. The Labute approximate surface area is 114 Å². The SMILES string of the molecule is Cc1ccc(CNc2nc3cc(F)ccc3s2)cn1. The molecule has 0 atom stereocenters. The molecule has 0 bridgehead atoms. The van der Waals surface area contributed by atoms with Gasteiger partial charge in [-0.05, 0) is 30.7 Å². The molecule has 0 fully saturated rings. The highest BCUT2D eigenvalue weighted by atomic mass is 32.1. The third-order valence-corrected chi connectivity index (χ3v) is 3.76. The van der Waals surface area contributed by atoms with Crippen LogP contribution in [0.25, 0.3) is 10.2 Å². The number of benzene rings is 1. The third-order valence-electron chi connectivity index (χ3n) is 2.77. The van der Waals surface area contributed by atoms with E-state index in [1.165, 1.54) is 23.5 Å². The fourth-order valence-corrected chi connectivity index (χ4v) is 2.60. The summed E-state index contributed by atoms with van der Waals surface area (Å²) in [4.78, 5) is 8.59. The molecule has 2 aromatic heterocycles. The summed E-state index contributed by atoms with van der Waals surface area (Å²) >= 11 is 1.52. The number of nitrogens with zero attached hydrogens (tertiary/aromatic N) is 2. The molecule has 0 spiro atoms. The predicted octanol–water partition coefficient (Wildman–Crippen LogP) is 3.75. The molecule has 96 valence electrons. The number of halogens is 1. The monoisotopic (exact) mass is 273 g/mol. The quantitative estimate of drug-likeness (QED) is 0.789. The van der Waals surface area contributed by atoms with E-state index in [4.69, 9.17) is 0 Å². The number of aryl methyl sites for hydroxylation is 1. The molecule has 19 heavy (non-hydrogen) atoms. The van der Waals surface area contributed by atoms with Crippen LogP contribution in [0.1, 0.15) is 11.3 Å². The van der Waals surface area contributed by atoms with Gasteiger partial charge in [0, 0.05) is 24.5 Å². The summed E-state index contributed by atoms with van der Waals surface area (Å²) in [6, 6.07) is 8.66. The van der Waals surface area contributed by atoms with E-state index in [1.807, 2.05) is 25.3 Å². The van der Waals surface area contributed by atoms with E-state index in [-0.39, 0.29) is 5.82 Å². The van der Waals surface area contributed by atoms with Gasteiger partial charge in [-0.3, -0.25) is 4.98 Å². The molecule has 5 heteroatoms. The Kier molecular flexibility index (Phi) is 3.13. The minimum Gasteiger partial charge on any atom is -0.357 e. The molecule has 0 aliphatic carbocycles. The van der Waals surface area contributed by atoms with Gasteiger partial charge in [0.2, 0.25) is 0 Å². The van der Waals surface area contributed by atoms with Crippen LogP contribution < -0.4 is 5.32 Å². The Morgan fingerprint density at radius 3 is 2.95 bits per heavy atom. The van der Waals surface area contributed by atoms with Gasteiger partial charge in [0.15, 0.2) is 5.13 Å². The fraction of sp³-hybridized carbons (Fsp3) is 0.143. The molecule has 1 aromatic carbocycles. The Bertz CT molecular complexity index is 706. The largest absolute Gasteiger partial charge is 0.357 e. The van der Waals surface area contributed by atoms with E-state index in [1.54, 1.807) is 6.07 Å². The summed E-state index contributed by atoms with van der Waals surface area (Å²) in [7, 11) is 0. The van der Waals surface area contributed by atoms with Crippen LogP contribution in [0.15, 0.2) is 36.5 Å². The van der Waals surface area contributed by atoms with Crippen molar-refractivity contribution in [1.29, 1.82) is 0 Å². The van der Waals surface area contributed by atoms with E-state index in [9.17, 15) is 4.39 Å². The highest BCUT2D eigenvalue weighted by Crippen LogP contribution is 2.26. The van der Waals surface area contributed by atoms with Crippen molar-refractivity contribution in [1.82, 2.24) is 9.97 Å². The Hall–Kier alpha value is -2.01. The predicted molar refractivity (Wildman–Crippen MR) is 75.9 cm³/mol. The normalized spacial score (nSPS) is 10.8. The van der Waals surface area contributed by atoms with Crippen molar-refractivity contribution in [3.8, 4) is 0 Å². The second-order valence-electron chi connectivity index (χ2n) is 4.29. The third kappa shape index (κ3) is 2.71. The Morgan fingerprint density at radius 2 is 2.16 bits per heavy atom. The van der Waals surface area contributed by atoms with Crippen molar-refractivity contribution >= 4 is 26.7 Å². The number of anilines is 1. The molecule has 3 aromatic rings. The number of thiazole rings is 1. The molecule has 0 unspecified atom stereocenters. The first-order chi connectivity index (χ1) is 9.20. The van der Waals surface area contributed by atoms with E-state index < -0.39 is 0 Å². The highest BCUT2D eigenvalue weighted by Gasteiger charge is 2.04. The first-order valence-corrected chi connectivity index (χ1v) is 6.74. The van der Waals surface area contributed by atoms with Gasteiger partial charge in [-0.25, -0.2) is 9.37 Å². The molecule has 3 nitrogen and oxygen atoms in total. The van der Waals surface area contributed by atoms with E-state index in [2.05, 4.69) is 15.3 Å². The molecule has 0 aliphatic heterocycles. The second-order valence-corrected chi connectivity index (χ2v) is 5.32. The van der Waals surface area contributed by atoms with Gasteiger partial charge >= 0.3 is 0 Å². The minimum atomic E-state index is -0.257. The van der Waals surface area contributed by atoms with Gasteiger partial charge in [-0.2, -0.15) is 0 Å². The standard InChI is InChI=1S/C14H12FN3S/c1-9-2-3-10(7-16-9)8-17-14-18-12-6-11(15)4-5-13(12)19-14/h2-7H,8H2,1H3,(H,17,18). The zero-order valence-corrected chi connectivity index (χ0v) is 11.2. The smallest absolute Gasteiger partial charge is 0.184 e. The number of nitrogens with one attached hydrogen (secondary N) is 1. The van der Waals surface area contributed by atoms with Gasteiger partial charge in [-0.1, -0.05) is 17.4 Å². The summed E-state index contributed by atoms with van der Waals surface area (Å²) in [6.45, 7) is 2.62. The maximum atomic E-state index is 13.1. The average Bonchev–Trinajstić information content (AvgIpc) is 2.80. The topological polar surface area (TPSA) is 37.8 Å². The summed E-state index contributed by atoms with van der Waals surface area (Å²) in [5.41, 5.74) is 2.78. The van der Waals surface area contributed by atoms with Crippen molar-refractivity contribution in [3.05, 3.63) is 53.6 Å². The van der Waals surface area contributed by atoms with Crippen molar-refractivity contribution in [2.24, 2.45) is 0 Å². The van der Waals surface area contributed by atoms with Crippen molar-refractivity contribution in [3.63, 3.8) is 0 Å². The molecule has 0 radical (unpaired) electrons. The van der Waals surface area contributed by atoms with Crippen LogP contribution in [-0.4, -0.2) is 9.97 Å². The van der Waals surface area contributed by atoms with Crippen molar-refractivity contribution in [2.45, 2.75) is 13.5 Å². The number of fused-ring (bicyclic) bond motifs is 1. The summed E-state index contributed by atoms with van der Waals surface area (Å²) in [5, 5.41) is 4.03. The molecule has 3 rings (SSSR count). The molecule has 0 saturated heterocycles. The van der Waals surface area contributed by atoms with E-state index >= 15 is 0 Å². The van der Waals surface area contributed by atoms with Gasteiger partial charge in [0.1, 0.15) is 5.82 Å². The first-order valence-electron chi connectivity index (χ1n) is 5.92. The van der Waals surface area contributed by atoms with Gasteiger partial charge < -0.3 is 5.32 Å². The van der Waals surface area contributed by atoms with Gasteiger partial charge in [-0.15, -0.1) is 0 Å². The first kappa shape index (κ1) is 12.0. The lowest BCUT2D eigenvalue weighted by atomic mass is 10.2. The van der Waals surface area contributed by atoms with E-state index in [0.29, 0.717) is 12.1 Å². The van der Waals surface area contributed by atoms with Crippen LogP contribution in [0, 0.1) is 12.7 Å². The number of hydrogen-bond acceptors (Lipinski definition) is 4. The molecule has 0 amide bonds. The molecule has 1 N–H and O–H groups in total. The maximum Gasteiger partial charge on any atom is 0.184 e. The van der Waals surface area contributed by atoms with Crippen LogP contribution in [0.4, 0.5) is 9.52 Å². The lowest BCUT2D eigenvalue weighted by Crippen LogP contribution is -1.99. The van der Waals surface area contributed by atoms with Crippen LogP contribution in [0.2, 0.25) is 0 Å². The lowest BCUT2D eigenvalue weighted by Gasteiger charge is -2.02. The van der Waals surface area contributed by atoms with Crippen molar-refractivity contribution < 1.29 is 4.39 Å². The molecule has 0 aliphatic rings. The Morgan fingerprint density at radius 1 is 1.26 bits per heavy atom.